The van der Waals surface area contributed by atoms with Crippen LogP contribution < -0.4 is 9.62 Å². The van der Waals surface area contributed by atoms with Crippen molar-refractivity contribution < 1.29 is 8.42 Å². The molecule has 0 bridgehead atoms. The molecule has 1 aliphatic carbocycles. The molecule has 1 heterocycles. The van der Waals surface area contributed by atoms with Gasteiger partial charge in [-0.15, -0.1) is 0 Å². The zero-order valence-corrected chi connectivity index (χ0v) is 21.7. The van der Waals surface area contributed by atoms with Gasteiger partial charge in [0.15, 0.2) is 0 Å². The molecule has 2 aromatic carbocycles. The Kier molecular flexibility index (Phi) is 7.83. The van der Waals surface area contributed by atoms with Gasteiger partial charge in [0.2, 0.25) is 10.0 Å². The standard InChI is InChI=1S/C29H40N2O2S/c1-4-5-6-9-22-31-27-14-8-7-13-26(27)29(20-10-12-24(29)3)28(31)15-11-21-30-34(32,33)25-18-16-23(2)17-19-25/h7-8,13-14,16-19,28,30H,3-6,9-12,15,20-22H2,1-2H3/t28-,29-/m0/s1. The Balaban J connectivity index is 1.49. The maximum absolute atomic E-state index is 12.8. The molecule has 4 nitrogen and oxygen atoms in total. The molecule has 0 saturated heterocycles. The highest BCUT2D eigenvalue weighted by atomic mass is 32.2. The molecule has 5 heteroatoms. The molecule has 0 radical (unpaired) electrons. The van der Waals surface area contributed by atoms with Gasteiger partial charge in [0.1, 0.15) is 0 Å². The Hall–Kier alpha value is -2.11. The minimum Gasteiger partial charge on any atom is -0.367 e. The van der Waals surface area contributed by atoms with E-state index >= 15 is 0 Å². The number of nitrogens with one attached hydrogen (secondary N) is 1. The first-order valence-electron chi connectivity index (χ1n) is 13.0. The molecule has 1 aliphatic heterocycles. The summed E-state index contributed by atoms with van der Waals surface area (Å²) >= 11 is 0. The van der Waals surface area contributed by atoms with Crippen molar-refractivity contribution in [3.8, 4) is 0 Å². The van der Waals surface area contributed by atoms with E-state index in [0.717, 1.165) is 37.8 Å². The molecule has 0 unspecified atom stereocenters. The number of fused-ring (bicyclic) bond motifs is 2. The molecule has 2 atom stereocenters. The number of sulfonamides is 1. The Morgan fingerprint density at radius 3 is 2.53 bits per heavy atom. The molecule has 34 heavy (non-hydrogen) atoms. The van der Waals surface area contributed by atoms with Crippen LogP contribution in [-0.4, -0.2) is 27.5 Å². The maximum Gasteiger partial charge on any atom is 0.240 e. The first-order chi connectivity index (χ1) is 16.4. The van der Waals surface area contributed by atoms with Gasteiger partial charge in [0, 0.05) is 30.2 Å². The fourth-order valence-electron chi connectivity index (χ4n) is 6.11. The second-order valence-corrected chi connectivity index (χ2v) is 11.8. The second-order valence-electron chi connectivity index (χ2n) is 10.1. The summed E-state index contributed by atoms with van der Waals surface area (Å²) in [5.41, 5.74) is 5.24. The lowest BCUT2D eigenvalue weighted by Gasteiger charge is -2.38. The van der Waals surface area contributed by atoms with E-state index in [1.54, 1.807) is 12.1 Å². The molecule has 1 spiro atoms. The second kappa shape index (κ2) is 10.7. The fourth-order valence-corrected chi connectivity index (χ4v) is 7.19. The van der Waals surface area contributed by atoms with E-state index in [4.69, 9.17) is 0 Å². The van der Waals surface area contributed by atoms with Gasteiger partial charge in [-0.1, -0.05) is 74.2 Å². The van der Waals surface area contributed by atoms with E-state index in [9.17, 15) is 8.42 Å². The van der Waals surface area contributed by atoms with E-state index in [0.29, 0.717) is 17.5 Å². The van der Waals surface area contributed by atoms with Crippen LogP contribution in [0.4, 0.5) is 5.69 Å². The lowest BCUT2D eigenvalue weighted by molar-refractivity contribution is 0.383. The van der Waals surface area contributed by atoms with Crippen LogP contribution in [-0.2, 0) is 15.4 Å². The van der Waals surface area contributed by atoms with Gasteiger partial charge in [-0.25, -0.2) is 13.1 Å². The van der Waals surface area contributed by atoms with Gasteiger partial charge >= 0.3 is 0 Å². The third-order valence-electron chi connectivity index (χ3n) is 7.85. The van der Waals surface area contributed by atoms with Crippen molar-refractivity contribution in [2.24, 2.45) is 0 Å². The van der Waals surface area contributed by atoms with E-state index in [1.165, 1.54) is 48.9 Å². The molecule has 1 fully saturated rings. The summed E-state index contributed by atoms with van der Waals surface area (Å²) in [7, 11) is -3.48. The van der Waals surface area contributed by atoms with Crippen molar-refractivity contribution in [3.05, 3.63) is 71.8 Å². The normalized spacial score (nSPS) is 22.0. The van der Waals surface area contributed by atoms with Crippen molar-refractivity contribution in [2.45, 2.75) is 88.0 Å². The molecule has 0 amide bonds. The Labute approximate surface area is 206 Å². The number of benzene rings is 2. The lowest BCUT2D eigenvalue weighted by Crippen LogP contribution is -2.45. The van der Waals surface area contributed by atoms with Crippen molar-refractivity contribution in [1.29, 1.82) is 0 Å². The van der Waals surface area contributed by atoms with Crippen LogP contribution in [0.15, 0.2) is 65.6 Å². The predicted octanol–water partition coefficient (Wildman–Crippen LogP) is 6.50. The van der Waals surface area contributed by atoms with E-state index in [-0.39, 0.29) is 5.41 Å². The third kappa shape index (κ3) is 4.83. The first kappa shape index (κ1) is 25.0. The number of hydrogen-bond donors (Lipinski definition) is 1. The summed E-state index contributed by atoms with van der Waals surface area (Å²) in [6.07, 6.45) is 10.2. The van der Waals surface area contributed by atoms with Crippen LogP contribution in [0.3, 0.4) is 0 Å². The zero-order chi connectivity index (χ0) is 24.2. The molecular formula is C29H40N2O2S. The van der Waals surface area contributed by atoms with E-state index in [1.807, 2.05) is 19.1 Å². The van der Waals surface area contributed by atoms with Gasteiger partial charge in [-0.3, -0.25) is 0 Å². The highest BCUT2D eigenvalue weighted by Gasteiger charge is 2.53. The Morgan fingerprint density at radius 1 is 1.06 bits per heavy atom. The average molecular weight is 481 g/mol. The molecule has 0 aromatic heterocycles. The smallest absolute Gasteiger partial charge is 0.240 e. The SMILES string of the molecule is C=C1CCC[C@@]12c1ccccc1N(CCCCCC)[C@H]2CCCNS(=O)(=O)c1ccc(C)cc1. The monoisotopic (exact) mass is 480 g/mol. The minimum absolute atomic E-state index is 0.0111. The largest absolute Gasteiger partial charge is 0.367 e. The number of aryl methyl sites for hydroxylation is 1. The zero-order valence-electron chi connectivity index (χ0n) is 20.9. The number of rotatable bonds is 11. The predicted molar refractivity (Wildman–Crippen MR) is 142 cm³/mol. The van der Waals surface area contributed by atoms with Crippen LogP contribution in [0.25, 0.3) is 0 Å². The van der Waals surface area contributed by atoms with Gasteiger partial charge in [0.25, 0.3) is 0 Å². The number of para-hydroxylation sites is 1. The topological polar surface area (TPSA) is 49.4 Å². The first-order valence-corrected chi connectivity index (χ1v) is 14.5. The van der Waals surface area contributed by atoms with Crippen LogP contribution in [0.1, 0.15) is 75.8 Å². The molecule has 2 aliphatic rings. The molecule has 1 saturated carbocycles. The summed E-state index contributed by atoms with van der Waals surface area (Å²) < 4.78 is 28.3. The fraction of sp³-hybridized carbons (Fsp3) is 0.517. The Morgan fingerprint density at radius 2 is 1.82 bits per heavy atom. The van der Waals surface area contributed by atoms with Crippen molar-refractivity contribution in [3.63, 3.8) is 0 Å². The highest BCUT2D eigenvalue weighted by molar-refractivity contribution is 7.89. The van der Waals surface area contributed by atoms with Crippen LogP contribution >= 0.6 is 0 Å². The molecule has 2 aromatic rings. The van der Waals surface area contributed by atoms with Gasteiger partial charge in [-0.05, 0) is 69.2 Å². The highest BCUT2D eigenvalue weighted by Crippen LogP contribution is 2.57. The number of hydrogen-bond acceptors (Lipinski definition) is 3. The maximum atomic E-state index is 12.8. The summed E-state index contributed by atoms with van der Waals surface area (Å²) in [5, 5.41) is 0. The average Bonchev–Trinajstić information content (AvgIpc) is 3.34. The van der Waals surface area contributed by atoms with E-state index < -0.39 is 10.0 Å². The van der Waals surface area contributed by atoms with Crippen molar-refractivity contribution >= 4 is 15.7 Å². The lowest BCUT2D eigenvalue weighted by atomic mass is 9.71. The third-order valence-corrected chi connectivity index (χ3v) is 9.33. The molecule has 4 rings (SSSR count). The molecular weight excluding hydrogens is 440 g/mol. The Bertz CT molecular complexity index is 1090. The van der Waals surface area contributed by atoms with Crippen molar-refractivity contribution in [1.82, 2.24) is 4.72 Å². The summed E-state index contributed by atoms with van der Waals surface area (Å²) in [5.74, 6) is 0. The number of unbranched alkanes of at least 4 members (excludes halogenated alkanes) is 3. The van der Waals surface area contributed by atoms with Crippen LogP contribution in [0.5, 0.6) is 0 Å². The van der Waals surface area contributed by atoms with Gasteiger partial charge in [0.05, 0.1) is 4.90 Å². The molecule has 184 valence electrons. The van der Waals surface area contributed by atoms with Crippen LogP contribution in [0.2, 0.25) is 0 Å². The van der Waals surface area contributed by atoms with Crippen molar-refractivity contribution in [2.75, 3.05) is 18.0 Å². The quantitative estimate of drug-likeness (QED) is 0.295. The summed E-state index contributed by atoms with van der Waals surface area (Å²) in [6, 6.07) is 16.3. The number of anilines is 1. The summed E-state index contributed by atoms with van der Waals surface area (Å²) in [4.78, 5) is 2.97. The van der Waals surface area contributed by atoms with E-state index in [2.05, 4.69) is 47.4 Å². The van der Waals surface area contributed by atoms with Crippen LogP contribution in [0, 0.1) is 6.92 Å². The van der Waals surface area contributed by atoms with Gasteiger partial charge < -0.3 is 4.90 Å². The number of nitrogens with zero attached hydrogens (tertiary/aromatic N) is 1. The minimum atomic E-state index is -3.48. The van der Waals surface area contributed by atoms with Gasteiger partial charge in [-0.2, -0.15) is 0 Å². The summed E-state index contributed by atoms with van der Waals surface area (Å²) in [6.45, 7) is 10.3. The molecule has 1 N–H and O–H groups in total.